The fraction of sp³-hybridized carbons (Fsp3) is 0.407. The molecule has 0 aromatic heterocycles. The first-order chi connectivity index (χ1) is 17.5. The quantitative estimate of drug-likeness (QED) is 0.322. The second-order valence-electron chi connectivity index (χ2n) is 8.64. The van der Waals surface area contributed by atoms with Crippen LogP contribution in [0.5, 0.6) is 17.2 Å². The van der Waals surface area contributed by atoms with E-state index in [-0.39, 0.29) is 11.3 Å². The lowest BCUT2D eigenvalue weighted by Crippen LogP contribution is -2.38. The highest BCUT2D eigenvalue weighted by Gasteiger charge is 2.46. The molecule has 1 amide bonds. The van der Waals surface area contributed by atoms with Gasteiger partial charge >= 0.3 is 0 Å². The van der Waals surface area contributed by atoms with E-state index in [9.17, 15) is 14.7 Å². The average molecular weight is 497 g/mol. The van der Waals surface area contributed by atoms with E-state index in [0.29, 0.717) is 54.6 Å². The van der Waals surface area contributed by atoms with Crippen LogP contribution in [0.15, 0.2) is 48.0 Å². The van der Waals surface area contributed by atoms with Gasteiger partial charge in [-0.15, -0.1) is 0 Å². The summed E-state index contributed by atoms with van der Waals surface area (Å²) in [5.74, 6) is 0.0401. The predicted octanol–water partition coefficient (Wildman–Crippen LogP) is 2.86. The van der Waals surface area contributed by atoms with Crippen molar-refractivity contribution in [1.29, 1.82) is 0 Å². The Balaban J connectivity index is 1.71. The smallest absolute Gasteiger partial charge is 0.295 e. The minimum Gasteiger partial charge on any atom is -0.507 e. The Morgan fingerprint density at radius 3 is 2.28 bits per heavy atom. The number of carbonyl (C=O) groups excluding carboxylic acids is 2. The number of nitrogens with zero attached hydrogens (tertiary/aromatic N) is 2. The molecule has 1 atom stereocenters. The molecule has 2 aliphatic rings. The van der Waals surface area contributed by atoms with Crippen LogP contribution in [0, 0.1) is 0 Å². The van der Waals surface area contributed by atoms with Crippen molar-refractivity contribution in [3.8, 4) is 17.2 Å². The maximum Gasteiger partial charge on any atom is 0.295 e. The number of benzene rings is 2. The summed E-state index contributed by atoms with van der Waals surface area (Å²) in [7, 11) is 4.62. The molecule has 0 unspecified atom stereocenters. The van der Waals surface area contributed by atoms with Crippen LogP contribution >= 0.6 is 0 Å². The Morgan fingerprint density at radius 2 is 1.64 bits per heavy atom. The summed E-state index contributed by atoms with van der Waals surface area (Å²) < 4.78 is 21.4. The van der Waals surface area contributed by atoms with Crippen molar-refractivity contribution in [2.24, 2.45) is 0 Å². The topological polar surface area (TPSA) is 97.8 Å². The molecular formula is C27H32N2O7. The molecule has 2 fully saturated rings. The Morgan fingerprint density at radius 1 is 0.944 bits per heavy atom. The summed E-state index contributed by atoms with van der Waals surface area (Å²) in [5, 5.41) is 11.2. The molecule has 0 bridgehead atoms. The Hall–Kier alpha value is -3.56. The van der Waals surface area contributed by atoms with Crippen molar-refractivity contribution in [1.82, 2.24) is 9.80 Å². The number of ketones is 1. The van der Waals surface area contributed by atoms with Crippen LogP contribution in [-0.2, 0) is 14.3 Å². The van der Waals surface area contributed by atoms with Gasteiger partial charge in [0.2, 0.25) is 0 Å². The number of likely N-dealkylation sites (tertiary alicyclic amines) is 1. The van der Waals surface area contributed by atoms with E-state index in [1.165, 1.54) is 7.11 Å². The summed E-state index contributed by atoms with van der Waals surface area (Å²) in [6, 6.07) is 11.2. The number of aliphatic hydroxyl groups is 1. The number of hydrogen-bond acceptors (Lipinski definition) is 8. The number of amides is 1. The molecule has 9 nitrogen and oxygen atoms in total. The Bertz CT molecular complexity index is 1120. The first-order valence-electron chi connectivity index (χ1n) is 11.9. The van der Waals surface area contributed by atoms with E-state index in [1.54, 1.807) is 61.6 Å². The number of rotatable bonds is 9. The lowest BCUT2D eigenvalue weighted by atomic mass is 9.95. The first-order valence-corrected chi connectivity index (χ1v) is 11.9. The lowest BCUT2D eigenvalue weighted by molar-refractivity contribution is -0.140. The summed E-state index contributed by atoms with van der Waals surface area (Å²) in [5.41, 5.74) is 1.12. The number of carbonyl (C=O) groups is 2. The van der Waals surface area contributed by atoms with Gasteiger partial charge in [0.1, 0.15) is 11.5 Å². The van der Waals surface area contributed by atoms with Crippen LogP contribution < -0.4 is 14.2 Å². The highest BCUT2D eigenvalue weighted by molar-refractivity contribution is 6.46. The van der Waals surface area contributed by atoms with Crippen molar-refractivity contribution in [3.63, 3.8) is 0 Å². The van der Waals surface area contributed by atoms with Crippen LogP contribution in [0.25, 0.3) is 5.76 Å². The third-order valence-corrected chi connectivity index (χ3v) is 6.60. The van der Waals surface area contributed by atoms with Crippen LogP contribution in [0.3, 0.4) is 0 Å². The molecule has 9 heteroatoms. The number of morpholine rings is 1. The molecule has 2 aliphatic heterocycles. The van der Waals surface area contributed by atoms with Crippen LogP contribution in [0.1, 0.15) is 23.6 Å². The fourth-order valence-corrected chi connectivity index (χ4v) is 4.67. The zero-order valence-corrected chi connectivity index (χ0v) is 20.9. The molecule has 2 aromatic carbocycles. The van der Waals surface area contributed by atoms with Crippen molar-refractivity contribution >= 4 is 17.4 Å². The Kier molecular flexibility index (Phi) is 8.12. The summed E-state index contributed by atoms with van der Waals surface area (Å²) in [6.45, 7) is 4.21. The van der Waals surface area contributed by atoms with Gasteiger partial charge in [-0.3, -0.25) is 14.5 Å². The number of aliphatic hydroxyl groups excluding tert-OH is 1. The van der Waals surface area contributed by atoms with Gasteiger partial charge in [0.25, 0.3) is 11.7 Å². The average Bonchev–Trinajstić information content (AvgIpc) is 3.18. The highest BCUT2D eigenvalue weighted by Crippen LogP contribution is 2.42. The van der Waals surface area contributed by atoms with Gasteiger partial charge in [0.05, 0.1) is 46.2 Å². The number of hydrogen-bond donors (Lipinski definition) is 1. The molecule has 2 heterocycles. The lowest BCUT2D eigenvalue weighted by Gasteiger charge is -2.29. The summed E-state index contributed by atoms with van der Waals surface area (Å²) in [6.07, 6.45) is 0.680. The second-order valence-corrected chi connectivity index (χ2v) is 8.64. The van der Waals surface area contributed by atoms with Gasteiger partial charge in [-0.1, -0.05) is 6.07 Å². The van der Waals surface area contributed by atoms with E-state index in [0.717, 1.165) is 19.6 Å². The SMILES string of the molecule is COc1ccc(C(O)=C2C(=O)C(=O)N(CCCN3CCOCC3)[C@@H]2c2ccc(OC)c(OC)c2)cc1. The molecule has 0 spiro atoms. The van der Waals surface area contributed by atoms with Crippen molar-refractivity contribution in [2.45, 2.75) is 12.5 Å². The summed E-state index contributed by atoms with van der Waals surface area (Å²) in [4.78, 5) is 30.3. The monoisotopic (exact) mass is 496 g/mol. The van der Waals surface area contributed by atoms with Gasteiger partial charge in [-0.25, -0.2) is 0 Å². The number of Topliss-reactive ketones (excluding diaryl/α,β-unsaturated/α-hetero) is 1. The molecule has 4 rings (SSSR count). The minimum atomic E-state index is -0.767. The van der Waals surface area contributed by atoms with Gasteiger partial charge < -0.3 is 29.0 Å². The van der Waals surface area contributed by atoms with E-state index >= 15 is 0 Å². The molecule has 0 aliphatic carbocycles. The van der Waals surface area contributed by atoms with Crippen molar-refractivity contribution in [2.75, 3.05) is 60.7 Å². The minimum absolute atomic E-state index is 0.0451. The third-order valence-electron chi connectivity index (χ3n) is 6.60. The fourth-order valence-electron chi connectivity index (χ4n) is 4.67. The van der Waals surface area contributed by atoms with E-state index in [1.807, 2.05) is 0 Å². The standard InChI is InChI=1S/C27H32N2O7/c1-33-20-8-5-18(6-9-20)25(30)23-24(19-7-10-21(34-2)22(17-19)35-3)29(27(32)26(23)31)12-4-11-28-13-15-36-16-14-28/h5-10,17,24,30H,4,11-16H2,1-3H3/t24-/m1/s1. The van der Waals surface area contributed by atoms with E-state index < -0.39 is 17.7 Å². The van der Waals surface area contributed by atoms with Gasteiger partial charge in [0.15, 0.2) is 11.5 Å². The van der Waals surface area contributed by atoms with Gasteiger partial charge in [-0.2, -0.15) is 0 Å². The van der Waals surface area contributed by atoms with E-state index in [4.69, 9.17) is 18.9 Å². The molecule has 0 saturated carbocycles. The maximum absolute atomic E-state index is 13.3. The number of methoxy groups -OCH3 is 3. The molecule has 0 radical (unpaired) electrons. The Labute approximate surface area is 210 Å². The van der Waals surface area contributed by atoms with Crippen molar-refractivity contribution in [3.05, 3.63) is 59.2 Å². The maximum atomic E-state index is 13.3. The van der Waals surface area contributed by atoms with Crippen LogP contribution in [-0.4, -0.2) is 87.3 Å². The van der Waals surface area contributed by atoms with E-state index in [2.05, 4.69) is 4.90 Å². The van der Waals surface area contributed by atoms with Gasteiger partial charge in [0, 0.05) is 31.7 Å². The van der Waals surface area contributed by atoms with Crippen molar-refractivity contribution < 1.29 is 33.6 Å². The molecule has 36 heavy (non-hydrogen) atoms. The van der Waals surface area contributed by atoms with Crippen LogP contribution in [0.2, 0.25) is 0 Å². The van der Waals surface area contributed by atoms with Crippen LogP contribution in [0.4, 0.5) is 0 Å². The van der Waals surface area contributed by atoms with Gasteiger partial charge in [-0.05, 0) is 48.4 Å². The predicted molar refractivity (Wildman–Crippen MR) is 133 cm³/mol. The summed E-state index contributed by atoms with van der Waals surface area (Å²) >= 11 is 0. The highest BCUT2D eigenvalue weighted by atomic mass is 16.5. The normalized spacial score (nSPS) is 20.0. The first kappa shape index (κ1) is 25.5. The molecule has 2 saturated heterocycles. The number of ether oxygens (including phenoxy) is 4. The zero-order valence-electron chi connectivity index (χ0n) is 20.9. The largest absolute Gasteiger partial charge is 0.507 e. The molecular weight excluding hydrogens is 464 g/mol. The molecule has 1 N–H and O–H groups in total. The second kappa shape index (κ2) is 11.5. The molecule has 2 aromatic rings. The zero-order chi connectivity index (χ0) is 25.7. The third kappa shape index (κ3) is 5.17. The molecule has 192 valence electrons.